The van der Waals surface area contributed by atoms with E-state index in [0.29, 0.717) is 18.9 Å². The van der Waals surface area contributed by atoms with Crippen LogP contribution in [0.5, 0.6) is 0 Å². The molecule has 0 saturated heterocycles. The van der Waals surface area contributed by atoms with Gasteiger partial charge in [-0.25, -0.2) is 0 Å². The maximum absolute atomic E-state index is 12.3. The van der Waals surface area contributed by atoms with Crippen molar-refractivity contribution in [3.05, 3.63) is 0 Å². The third-order valence-corrected chi connectivity index (χ3v) is 3.70. The van der Waals surface area contributed by atoms with Crippen molar-refractivity contribution in [3.8, 4) is 0 Å². The Bertz CT molecular complexity index is 341. The van der Waals surface area contributed by atoms with Gasteiger partial charge in [-0.05, 0) is 18.8 Å². The SMILES string of the molecule is CC(C)CCNC(=O)C(C)(C)CC(C)(C)C(=O)C(C)C. The maximum Gasteiger partial charge on any atom is 0.225 e. The molecule has 0 aromatic heterocycles. The summed E-state index contributed by atoms with van der Waals surface area (Å²) in [5, 5.41) is 2.99. The molecule has 0 spiro atoms. The van der Waals surface area contributed by atoms with Gasteiger partial charge in [-0.2, -0.15) is 0 Å². The third kappa shape index (κ3) is 6.06. The average Bonchev–Trinajstić information content (AvgIpc) is 2.25. The lowest BCUT2D eigenvalue weighted by Gasteiger charge is -2.34. The van der Waals surface area contributed by atoms with Crippen molar-refractivity contribution in [2.75, 3.05) is 6.54 Å². The molecule has 1 N–H and O–H groups in total. The summed E-state index contributed by atoms with van der Waals surface area (Å²) in [6, 6.07) is 0. The van der Waals surface area contributed by atoms with Gasteiger partial charge in [-0.15, -0.1) is 0 Å². The summed E-state index contributed by atoms with van der Waals surface area (Å²) in [5.74, 6) is 0.852. The highest BCUT2D eigenvalue weighted by Gasteiger charge is 2.39. The summed E-state index contributed by atoms with van der Waals surface area (Å²) in [4.78, 5) is 24.5. The molecule has 20 heavy (non-hydrogen) atoms. The van der Waals surface area contributed by atoms with Gasteiger partial charge in [0.1, 0.15) is 5.78 Å². The van der Waals surface area contributed by atoms with Crippen molar-refractivity contribution >= 4 is 11.7 Å². The molecule has 0 radical (unpaired) electrons. The number of nitrogens with one attached hydrogen (secondary N) is 1. The number of hydrogen-bond acceptors (Lipinski definition) is 2. The predicted octanol–water partition coefficient (Wildman–Crippen LogP) is 3.82. The number of carbonyl (C=O) groups is 2. The molecule has 0 heterocycles. The minimum Gasteiger partial charge on any atom is -0.356 e. The zero-order valence-corrected chi connectivity index (χ0v) is 14.6. The van der Waals surface area contributed by atoms with Crippen molar-refractivity contribution < 1.29 is 9.59 Å². The lowest BCUT2D eigenvalue weighted by molar-refractivity contribution is -0.136. The van der Waals surface area contributed by atoms with Gasteiger partial charge in [-0.1, -0.05) is 55.4 Å². The normalized spacial score (nSPS) is 12.9. The first kappa shape index (κ1) is 19.1. The number of carbonyl (C=O) groups excluding carboxylic acids is 2. The van der Waals surface area contributed by atoms with Crippen molar-refractivity contribution in [2.24, 2.45) is 22.7 Å². The first-order valence-corrected chi connectivity index (χ1v) is 7.73. The van der Waals surface area contributed by atoms with Gasteiger partial charge < -0.3 is 5.32 Å². The molecule has 3 heteroatoms. The van der Waals surface area contributed by atoms with E-state index < -0.39 is 10.8 Å². The second-order valence-corrected chi connectivity index (χ2v) is 7.90. The molecule has 1 amide bonds. The second kappa shape index (κ2) is 7.24. The Labute approximate surface area is 124 Å². The molecule has 0 atom stereocenters. The van der Waals surface area contributed by atoms with Gasteiger partial charge in [-0.3, -0.25) is 9.59 Å². The molecular weight excluding hydrogens is 250 g/mol. The van der Waals surface area contributed by atoms with Gasteiger partial charge in [0.05, 0.1) is 0 Å². The maximum atomic E-state index is 12.3. The molecule has 0 aliphatic rings. The largest absolute Gasteiger partial charge is 0.356 e. The van der Waals surface area contributed by atoms with Crippen molar-refractivity contribution in [2.45, 2.75) is 68.2 Å². The van der Waals surface area contributed by atoms with Crippen LogP contribution in [-0.4, -0.2) is 18.2 Å². The fourth-order valence-corrected chi connectivity index (χ4v) is 2.77. The Balaban J connectivity index is 4.64. The van der Waals surface area contributed by atoms with Crippen LogP contribution in [-0.2, 0) is 9.59 Å². The molecular formula is C17H33NO2. The molecule has 0 aliphatic heterocycles. The fourth-order valence-electron chi connectivity index (χ4n) is 2.77. The monoisotopic (exact) mass is 283 g/mol. The topological polar surface area (TPSA) is 46.2 Å². The molecule has 0 unspecified atom stereocenters. The van der Waals surface area contributed by atoms with E-state index in [4.69, 9.17) is 0 Å². The van der Waals surface area contributed by atoms with E-state index in [1.54, 1.807) is 0 Å². The van der Waals surface area contributed by atoms with Crippen LogP contribution in [0.25, 0.3) is 0 Å². The molecule has 0 bridgehead atoms. The highest BCUT2D eigenvalue weighted by molar-refractivity contribution is 5.88. The van der Waals surface area contributed by atoms with E-state index in [1.807, 2.05) is 41.5 Å². The molecule has 0 saturated carbocycles. The first-order valence-electron chi connectivity index (χ1n) is 7.73. The van der Waals surface area contributed by atoms with Gasteiger partial charge in [0.2, 0.25) is 5.91 Å². The predicted molar refractivity (Wildman–Crippen MR) is 84.5 cm³/mol. The summed E-state index contributed by atoms with van der Waals surface area (Å²) in [6.45, 7) is 16.6. The summed E-state index contributed by atoms with van der Waals surface area (Å²) in [6.07, 6.45) is 1.56. The number of ketones is 1. The Hall–Kier alpha value is -0.860. The van der Waals surface area contributed by atoms with Crippen LogP contribution in [0.15, 0.2) is 0 Å². The van der Waals surface area contributed by atoms with Gasteiger partial charge in [0.25, 0.3) is 0 Å². The fraction of sp³-hybridized carbons (Fsp3) is 0.882. The summed E-state index contributed by atoms with van der Waals surface area (Å²) in [7, 11) is 0. The number of rotatable bonds is 8. The minimum atomic E-state index is -0.523. The van der Waals surface area contributed by atoms with E-state index in [9.17, 15) is 9.59 Å². The van der Waals surface area contributed by atoms with Gasteiger partial charge >= 0.3 is 0 Å². The Kier molecular flexibility index (Phi) is 6.92. The van der Waals surface area contributed by atoms with Crippen molar-refractivity contribution in [1.82, 2.24) is 5.32 Å². The Morgan fingerprint density at radius 1 is 0.950 bits per heavy atom. The highest BCUT2D eigenvalue weighted by atomic mass is 16.2. The summed E-state index contributed by atoms with van der Waals surface area (Å²) >= 11 is 0. The molecule has 0 fully saturated rings. The Morgan fingerprint density at radius 2 is 1.45 bits per heavy atom. The zero-order valence-electron chi connectivity index (χ0n) is 14.6. The van der Waals surface area contributed by atoms with E-state index in [1.165, 1.54) is 0 Å². The first-order chi connectivity index (χ1) is 8.90. The van der Waals surface area contributed by atoms with Crippen LogP contribution in [0.2, 0.25) is 0 Å². The lowest BCUT2D eigenvalue weighted by atomic mass is 9.70. The average molecular weight is 283 g/mol. The standard InChI is InChI=1S/C17H33NO2/c1-12(2)9-10-18-15(20)17(7,8)11-16(5,6)14(19)13(3)4/h12-13H,9-11H2,1-8H3,(H,18,20). The minimum absolute atomic E-state index is 0.00445. The number of hydrogen-bond donors (Lipinski definition) is 1. The molecule has 3 nitrogen and oxygen atoms in total. The molecule has 0 aromatic rings. The van der Waals surface area contributed by atoms with Crippen molar-refractivity contribution in [3.63, 3.8) is 0 Å². The summed E-state index contributed by atoms with van der Waals surface area (Å²) in [5.41, 5.74) is -0.988. The van der Waals surface area contributed by atoms with Crippen LogP contribution in [0.1, 0.15) is 68.2 Å². The van der Waals surface area contributed by atoms with Crippen molar-refractivity contribution in [1.29, 1.82) is 0 Å². The van der Waals surface area contributed by atoms with Crippen LogP contribution in [0.3, 0.4) is 0 Å². The number of Topliss-reactive ketones (excluding diaryl/α,β-unsaturated/α-hetero) is 1. The van der Waals surface area contributed by atoms with Gasteiger partial charge in [0, 0.05) is 23.3 Å². The molecule has 0 aromatic carbocycles. The zero-order chi connectivity index (χ0) is 16.1. The molecule has 118 valence electrons. The van der Waals surface area contributed by atoms with Crippen LogP contribution in [0.4, 0.5) is 0 Å². The van der Waals surface area contributed by atoms with Gasteiger partial charge in [0.15, 0.2) is 0 Å². The quantitative estimate of drug-likeness (QED) is 0.736. The van der Waals surface area contributed by atoms with Crippen LogP contribution in [0, 0.1) is 22.7 Å². The molecule has 0 rings (SSSR count). The van der Waals surface area contributed by atoms with Crippen LogP contribution < -0.4 is 5.32 Å². The summed E-state index contributed by atoms with van der Waals surface area (Å²) < 4.78 is 0. The Morgan fingerprint density at radius 3 is 1.85 bits per heavy atom. The third-order valence-electron chi connectivity index (χ3n) is 3.70. The highest BCUT2D eigenvalue weighted by Crippen LogP contribution is 2.36. The second-order valence-electron chi connectivity index (χ2n) is 7.90. The smallest absolute Gasteiger partial charge is 0.225 e. The molecule has 0 aliphatic carbocycles. The van der Waals surface area contributed by atoms with E-state index in [-0.39, 0.29) is 17.6 Å². The lowest BCUT2D eigenvalue weighted by Crippen LogP contribution is -2.42. The van der Waals surface area contributed by atoms with Crippen LogP contribution >= 0.6 is 0 Å². The van der Waals surface area contributed by atoms with E-state index >= 15 is 0 Å². The van der Waals surface area contributed by atoms with E-state index in [0.717, 1.165) is 6.42 Å². The van der Waals surface area contributed by atoms with E-state index in [2.05, 4.69) is 19.2 Å². The number of amides is 1.